The molecule has 0 heterocycles. The highest BCUT2D eigenvalue weighted by Gasteiger charge is 2.12. The summed E-state index contributed by atoms with van der Waals surface area (Å²) in [5, 5.41) is 13.1. The van der Waals surface area contributed by atoms with Gasteiger partial charge in [-0.05, 0) is 36.1 Å². The van der Waals surface area contributed by atoms with Gasteiger partial charge in [0.05, 0.1) is 0 Å². The van der Waals surface area contributed by atoms with E-state index in [1.54, 1.807) is 0 Å². The van der Waals surface area contributed by atoms with E-state index in [4.69, 9.17) is 16.7 Å². The van der Waals surface area contributed by atoms with Crippen molar-refractivity contribution in [1.29, 1.82) is 0 Å². The molecule has 0 aliphatic rings. The van der Waals surface area contributed by atoms with Crippen LogP contribution in [0, 0.1) is 0 Å². The second kappa shape index (κ2) is 9.06. The van der Waals surface area contributed by atoms with Gasteiger partial charge in [0.2, 0.25) is 0 Å². The lowest BCUT2D eigenvalue weighted by atomic mass is 10.0. The summed E-state index contributed by atoms with van der Waals surface area (Å²) in [5.74, 6) is -0.772. The van der Waals surface area contributed by atoms with Gasteiger partial charge in [-0.3, -0.25) is 4.79 Å². The number of carboxylic acids is 1. The van der Waals surface area contributed by atoms with Gasteiger partial charge in [0.25, 0.3) is 0 Å². The first-order chi connectivity index (χ1) is 11.0. The van der Waals surface area contributed by atoms with E-state index in [1.165, 1.54) is 5.56 Å². The van der Waals surface area contributed by atoms with Crippen LogP contribution in [0.2, 0.25) is 5.02 Å². The molecule has 0 amide bonds. The summed E-state index contributed by atoms with van der Waals surface area (Å²) < 4.78 is 0.943. The number of hydrogen-bond donors (Lipinski definition) is 2. The number of carboxylic acid groups (broad SMARTS) is 1. The van der Waals surface area contributed by atoms with E-state index in [9.17, 15) is 4.79 Å². The molecule has 0 aromatic heterocycles. The molecule has 5 heteroatoms. The van der Waals surface area contributed by atoms with Crippen molar-refractivity contribution in [2.75, 3.05) is 0 Å². The zero-order valence-corrected chi connectivity index (χ0v) is 15.0. The Morgan fingerprint density at radius 3 is 2.61 bits per heavy atom. The molecule has 1 atom stereocenters. The van der Waals surface area contributed by atoms with E-state index in [0.717, 1.165) is 16.5 Å². The fourth-order valence-corrected chi connectivity index (χ4v) is 3.13. The summed E-state index contributed by atoms with van der Waals surface area (Å²) in [6.07, 6.45) is 1.53. The Morgan fingerprint density at radius 2 is 1.96 bits per heavy atom. The Balaban J connectivity index is 2.00. The van der Waals surface area contributed by atoms with Crippen molar-refractivity contribution in [3.63, 3.8) is 0 Å². The molecule has 122 valence electrons. The van der Waals surface area contributed by atoms with E-state index in [0.29, 0.717) is 18.0 Å². The molecule has 0 saturated carbocycles. The van der Waals surface area contributed by atoms with Crippen LogP contribution in [-0.2, 0) is 17.8 Å². The predicted molar refractivity (Wildman–Crippen MR) is 96.8 cm³/mol. The molecule has 0 radical (unpaired) electrons. The molecule has 0 spiro atoms. The normalized spacial score (nSPS) is 12.1. The van der Waals surface area contributed by atoms with Gasteiger partial charge in [-0.2, -0.15) is 0 Å². The molecule has 1 unspecified atom stereocenters. The summed E-state index contributed by atoms with van der Waals surface area (Å²) in [4.78, 5) is 10.9. The van der Waals surface area contributed by atoms with Crippen LogP contribution in [0.3, 0.4) is 0 Å². The minimum absolute atomic E-state index is 0.0909. The highest BCUT2D eigenvalue weighted by Crippen LogP contribution is 2.21. The highest BCUT2D eigenvalue weighted by atomic mass is 79.9. The lowest BCUT2D eigenvalue weighted by Crippen LogP contribution is -2.31. The van der Waals surface area contributed by atoms with E-state index in [2.05, 4.69) is 33.4 Å². The second-order valence-electron chi connectivity index (χ2n) is 5.44. The lowest BCUT2D eigenvalue weighted by molar-refractivity contribution is -0.137. The molecular weight excluding hydrogens is 378 g/mol. The third-order valence-electron chi connectivity index (χ3n) is 3.63. The number of rotatable bonds is 8. The summed E-state index contributed by atoms with van der Waals surface area (Å²) in [5.41, 5.74) is 2.19. The Bertz CT molecular complexity index is 649. The summed E-state index contributed by atoms with van der Waals surface area (Å²) in [6, 6.07) is 16.0. The van der Waals surface area contributed by atoms with Gasteiger partial charge in [0.1, 0.15) is 0 Å². The Morgan fingerprint density at radius 1 is 1.22 bits per heavy atom. The average Bonchev–Trinajstić information content (AvgIpc) is 2.52. The third kappa shape index (κ3) is 6.34. The zero-order chi connectivity index (χ0) is 16.7. The fraction of sp³-hybridized carbons (Fsp3) is 0.278. The van der Waals surface area contributed by atoms with Crippen molar-refractivity contribution in [2.24, 2.45) is 0 Å². The summed E-state index contributed by atoms with van der Waals surface area (Å²) in [6.45, 7) is 0.614. The average molecular weight is 397 g/mol. The first kappa shape index (κ1) is 18.0. The number of hydrogen-bond acceptors (Lipinski definition) is 2. The molecule has 2 aromatic rings. The standard InChI is InChI=1S/C18H19BrClNO2/c19-15-7-6-14(17(20)11-15)12-21-16(8-9-18(22)23)10-13-4-2-1-3-5-13/h1-7,11,16,21H,8-10,12H2,(H,22,23). The number of nitrogens with one attached hydrogen (secondary N) is 1. The lowest BCUT2D eigenvalue weighted by Gasteiger charge is -2.19. The zero-order valence-electron chi connectivity index (χ0n) is 12.6. The van der Waals surface area contributed by atoms with Gasteiger partial charge in [0.15, 0.2) is 0 Å². The molecule has 0 aliphatic heterocycles. The molecular formula is C18H19BrClNO2. The SMILES string of the molecule is O=C(O)CCC(Cc1ccccc1)NCc1ccc(Br)cc1Cl. The molecule has 2 aromatic carbocycles. The van der Waals surface area contributed by atoms with Gasteiger partial charge in [-0.25, -0.2) is 0 Å². The van der Waals surface area contributed by atoms with Gasteiger partial charge in [-0.1, -0.05) is 63.9 Å². The quantitative estimate of drug-likeness (QED) is 0.682. The molecule has 0 saturated heterocycles. The number of benzene rings is 2. The van der Waals surface area contributed by atoms with Crippen molar-refractivity contribution < 1.29 is 9.90 Å². The maximum atomic E-state index is 10.9. The van der Waals surface area contributed by atoms with E-state index in [1.807, 2.05) is 36.4 Å². The second-order valence-corrected chi connectivity index (χ2v) is 6.76. The van der Waals surface area contributed by atoms with E-state index in [-0.39, 0.29) is 12.5 Å². The van der Waals surface area contributed by atoms with Gasteiger partial charge >= 0.3 is 5.97 Å². The van der Waals surface area contributed by atoms with Gasteiger partial charge in [-0.15, -0.1) is 0 Å². The Labute approximate surface area is 149 Å². The van der Waals surface area contributed by atoms with Crippen LogP contribution in [0.5, 0.6) is 0 Å². The minimum Gasteiger partial charge on any atom is -0.481 e. The molecule has 0 fully saturated rings. The van der Waals surface area contributed by atoms with E-state index < -0.39 is 5.97 Å². The Hall–Kier alpha value is -1.36. The first-order valence-corrected chi connectivity index (χ1v) is 8.64. The van der Waals surface area contributed by atoms with Crippen molar-refractivity contribution in [1.82, 2.24) is 5.32 Å². The Kier molecular flexibility index (Phi) is 7.09. The number of halogens is 2. The molecule has 0 aliphatic carbocycles. The summed E-state index contributed by atoms with van der Waals surface area (Å²) in [7, 11) is 0. The van der Waals surface area contributed by atoms with E-state index >= 15 is 0 Å². The van der Waals surface area contributed by atoms with Crippen LogP contribution in [0.1, 0.15) is 24.0 Å². The third-order valence-corrected chi connectivity index (χ3v) is 4.47. The van der Waals surface area contributed by atoms with Crippen molar-refractivity contribution in [3.8, 4) is 0 Å². The topological polar surface area (TPSA) is 49.3 Å². The maximum absolute atomic E-state index is 10.9. The predicted octanol–water partition coefficient (Wildman–Crippen LogP) is 4.67. The van der Waals surface area contributed by atoms with Crippen molar-refractivity contribution in [3.05, 3.63) is 69.2 Å². The molecule has 2 N–H and O–H groups in total. The smallest absolute Gasteiger partial charge is 0.303 e. The molecule has 3 nitrogen and oxygen atoms in total. The van der Waals surface area contributed by atoms with Crippen LogP contribution < -0.4 is 5.32 Å². The van der Waals surface area contributed by atoms with Crippen LogP contribution >= 0.6 is 27.5 Å². The maximum Gasteiger partial charge on any atom is 0.303 e. The molecule has 0 bridgehead atoms. The van der Waals surface area contributed by atoms with Crippen LogP contribution in [0.25, 0.3) is 0 Å². The molecule has 2 rings (SSSR count). The summed E-state index contributed by atoms with van der Waals surface area (Å²) >= 11 is 9.63. The number of carbonyl (C=O) groups is 1. The first-order valence-electron chi connectivity index (χ1n) is 7.47. The monoisotopic (exact) mass is 395 g/mol. The fourth-order valence-electron chi connectivity index (χ4n) is 2.39. The van der Waals surface area contributed by atoms with Gasteiger partial charge < -0.3 is 10.4 Å². The van der Waals surface area contributed by atoms with Crippen molar-refractivity contribution >= 4 is 33.5 Å². The van der Waals surface area contributed by atoms with Crippen molar-refractivity contribution in [2.45, 2.75) is 31.8 Å². The minimum atomic E-state index is -0.772. The van der Waals surface area contributed by atoms with Crippen LogP contribution in [0.4, 0.5) is 0 Å². The van der Waals surface area contributed by atoms with Crippen LogP contribution in [0.15, 0.2) is 53.0 Å². The van der Waals surface area contributed by atoms with Gasteiger partial charge in [0, 0.05) is 28.5 Å². The molecule has 23 heavy (non-hydrogen) atoms. The largest absolute Gasteiger partial charge is 0.481 e. The number of aliphatic carboxylic acids is 1. The highest BCUT2D eigenvalue weighted by molar-refractivity contribution is 9.10. The van der Waals surface area contributed by atoms with Crippen LogP contribution in [-0.4, -0.2) is 17.1 Å².